The van der Waals surface area contributed by atoms with Crippen molar-refractivity contribution in [1.29, 1.82) is 0 Å². The molecule has 19 heavy (non-hydrogen) atoms. The normalized spacial score (nSPS) is 10.6. The topological polar surface area (TPSA) is 54.9 Å². The molecule has 0 radical (unpaired) electrons. The zero-order chi connectivity index (χ0) is 13.5. The highest BCUT2D eigenvalue weighted by molar-refractivity contribution is 5.91. The van der Waals surface area contributed by atoms with Gasteiger partial charge >= 0.3 is 0 Å². The van der Waals surface area contributed by atoms with Crippen LogP contribution in [0.4, 0.5) is 0 Å². The molecule has 1 heterocycles. The van der Waals surface area contributed by atoms with Crippen molar-refractivity contribution in [3.63, 3.8) is 0 Å². The maximum Gasteiger partial charge on any atom is 0.244 e. The molecule has 0 aliphatic heterocycles. The lowest BCUT2D eigenvalue weighted by molar-refractivity contribution is -0.116. The quantitative estimate of drug-likeness (QED) is 0.849. The van der Waals surface area contributed by atoms with E-state index < -0.39 is 0 Å². The van der Waals surface area contributed by atoms with Crippen LogP contribution in [0.15, 0.2) is 48.8 Å². The molecule has 0 saturated heterocycles. The van der Waals surface area contributed by atoms with E-state index in [4.69, 9.17) is 0 Å². The molecule has 4 heteroatoms. The van der Waals surface area contributed by atoms with Crippen LogP contribution in [0.25, 0.3) is 6.08 Å². The molecule has 2 aromatic rings. The molecule has 0 spiro atoms. The Bertz CT molecular complexity index is 579. The lowest BCUT2D eigenvalue weighted by Gasteiger charge is -2.02. The van der Waals surface area contributed by atoms with E-state index in [0.717, 1.165) is 17.0 Å². The Morgan fingerprint density at radius 3 is 2.79 bits per heavy atom. The van der Waals surface area contributed by atoms with E-state index >= 15 is 0 Å². The van der Waals surface area contributed by atoms with Gasteiger partial charge in [-0.1, -0.05) is 30.3 Å². The summed E-state index contributed by atoms with van der Waals surface area (Å²) in [4.78, 5) is 19.7. The standard InChI is InChI=1S/C15H15N3O/c1-12-9-14(18-11-17-12)10-16-15(19)8-7-13-5-3-2-4-6-13/h2-9,11H,10H2,1H3,(H,16,19)/b8-7+. The first-order chi connectivity index (χ1) is 9.24. The molecule has 1 amide bonds. The molecule has 0 saturated carbocycles. The van der Waals surface area contributed by atoms with Gasteiger partial charge in [0.1, 0.15) is 6.33 Å². The lowest BCUT2D eigenvalue weighted by atomic mass is 10.2. The van der Waals surface area contributed by atoms with E-state index in [1.54, 1.807) is 6.08 Å². The van der Waals surface area contributed by atoms with Crippen LogP contribution in [0.1, 0.15) is 17.0 Å². The van der Waals surface area contributed by atoms with Gasteiger partial charge in [0, 0.05) is 11.8 Å². The maximum absolute atomic E-state index is 11.6. The summed E-state index contributed by atoms with van der Waals surface area (Å²) in [6, 6.07) is 11.5. The zero-order valence-corrected chi connectivity index (χ0v) is 10.7. The Kier molecular flexibility index (Phi) is 4.39. The Balaban J connectivity index is 1.87. The maximum atomic E-state index is 11.6. The molecule has 0 bridgehead atoms. The van der Waals surface area contributed by atoms with Crippen molar-refractivity contribution in [2.24, 2.45) is 0 Å². The van der Waals surface area contributed by atoms with Gasteiger partial charge in [0.25, 0.3) is 0 Å². The number of carbonyl (C=O) groups is 1. The Morgan fingerprint density at radius 2 is 2.05 bits per heavy atom. The van der Waals surface area contributed by atoms with Crippen molar-refractivity contribution >= 4 is 12.0 Å². The van der Waals surface area contributed by atoms with E-state index in [1.807, 2.05) is 43.3 Å². The van der Waals surface area contributed by atoms with E-state index in [1.165, 1.54) is 12.4 Å². The van der Waals surface area contributed by atoms with E-state index in [2.05, 4.69) is 15.3 Å². The summed E-state index contributed by atoms with van der Waals surface area (Å²) in [7, 11) is 0. The largest absolute Gasteiger partial charge is 0.347 e. The first-order valence-corrected chi connectivity index (χ1v) is 6.02. The van der Waals surface area contributed by atoms with Gasteiger partial charge in [-0.25, -0.2) is 9.97 Å². The smallest absolute Gasteiger partial charge is 0.244 e. The third-order valence-corrected chi connectivity index (χ3v) is 2.53. The van der Waals surface area contributed by atoms with Crippen molar-refractivity contribution in [2.45, 2.75) is 13.5 Å². The number of aryl methyl sites for hydroxylation is 1. The van der Waals surface area contributed by atoms with Gasteiger partial charge in [0.05, 0.1) is 12.2 Å². The Hall–Kier alpha value is -2.49. The molecule has 96 valence electrons. The summed E-state index contributed by atoms with van der Waals surface area (Å²) >= 11 is 0. The number of carbonyl (C=O) groups excluding carboxylic acids is 1. The third kappa shape index (κ3) is 4.35. The van der Waals surface area contributed by atoms with E-state index in [0.29, 0.717) is 6.54 Å². The first-order valence-electron chi connectivity index (χ1n) is 6.02. The van der Waals surface area contributed by atoms with Crippen molar-refractivity contribution in [1.82, 2.24) is 15.3 Å². The summed E-state index contributed by atoms with van der Waals surface area (Å²) in [6.07, 6.45) is 4.79. The number of hydrogen-bond acceptors (Lipinski definition) is 3. The first kappa shape index (κ1) is 13.0. The predicted octanol–water partition coefficient (Wildman–Crippen LogP) is 2.11. The monoisotopic (exact) mass is 253 g/mol. The number of benzene rings is 1. The Labute approximate surface area is 112 Å². The fourth-order valence-corrected chi connectivity index (χ4v) is 1.58. The van der Waals surface area contributed by atoms with Gasteiger partial charge in [0.15, 0.2) is 0 Å². The minimum absolute atomic E-state index is 0.139. The minimum atomic E-state index is -0.139. The molecule has 0 aliphatic rings. The molecular weight excluding hydrogens is 238 g/mol. The van der Waals surface area contributed by atoms with Crippen LogP contribution in [-0.2, 0) is 11.3 Å². The fourth-order valence-electron chi connectivity index (χ4n) is 1.58. The van der Waals surface area contributed by atoms with Crippen LogP contribution in [0.5, 0.6) is 0 Å². The van der Waals surface area contributed by atoms with Gasteiger partial charge in [-0.15, -0.1) is 0 Å². The van der Waals surface area contributed by atoms with Crippen LogP contribution >= 0.6 is 0 Å². The van der Waals surface area contributed by atoms with Gasteiger partial charge in [-0.2, -0.15) is 0 Å². The molecule has 0 atom stereocenters. The lowest BCUT2D eigenvalue weighted by Crippen LogP contribution is -2.21. The molecule has 1 aromatic heterocycles. The van der Waals surface area contributed by atoms with E-state index in [-0.39, 0.29) is 5.91 Å². The van der Waals surface area contributed by atoms with Crippen molar-refractivity contribution in [3.8, 4) is 0 Å². The van der Waals surface area contributed by atoms with Crippen LogP contribution < -0.4 is 5.32 Å². The summed E-state index contributed by atoms with van der Waals surface area (Å²) < 4.78 is 0. The highest BCUT2D eigenvalue weighted by Gasteiger charge is 1.98. The average molecular weight is 253 g/mol. The highest BCUT2D eigenvalue weighted by atomic mass is 16.1. The SMILES string of the molecule is Cc1cc(CNC(=O)/C=C/c2ccccc2)ncn1. The molecule has 0 aliphatic carbocycles. The van der Waals surface area contributed by atoms with Crippen LogP contribution in [0, 0.1) is 6.92 Å². The van der Waals surface area contributed by atoms with Gasteiger partial charge in [0.2, 0.25) is 5.91 Å². The summed E-state index contributed by atoms with van der Waals surface area (Å²) in [5.74, 6) is -0.139. The number of nitrogens with zero attached hydrogens (tertiary/aromatic N) is 2. The molecule has 4 nitrogen and oxygen atoms in total. The average Bonchev–Trinajstić information content (AvgIpc) is 2.44. The third-order valence-electron chi connectivity index (χ3n) is 2.53. The predicted molar refractivity (Wildman–Crippen MR) is 74.1 cm³/mol. The number of nitrogens with one attached hydrogen (secondary N) is 1. The zero-order valence-electron chi connectivity index (χ0n) is 10.7. The number of rotatable bonds is 4. The second-order valence-corrected chi connectivity index (χ2v) is 4.11. The van der Waals surface area contributed by atoms with Gasteiger partial charge in [-0.3, -0.25) is 4.79 Å². The number of hydrogen-bond donors (Lipinski definition) is 1. The van der Waals surface area contributed by atoms with Crippen molar-refractivity contribution < 1.29 is 4.79 Å². The van der Waals surface area contributed by atoms with E-state index in [9.17, 15) is 4.79 Å². The number of aromatic nitrogens is 2. The summed E-state index contributed by atoms with van der Waals surface area (Å²) in [5, 5.41) is 2.78. The Morgan fingerprint density at radius 1 is 1.26 bits per heavy atom. The number of amides is 1. The van der Waals surface area contributed by atoms with Crippen molar-refractivity contribution in [2.75, 3.05) is 0 Å². The minimum Gasteiger partial charge on any atom is -0.347 e. The molecule has 2 rings (SSSR count). The fraction of sp³-hybridized carbons (Fsp3) is 0.133. The molecule has 0 unspecified atom stereocenters. The van der Waals surface area contributed by atoms with Crippen molar-refractivity contribution in [3.05, 3.63) is 65.8 Å². The van der Waals surface area contributed by atoms with Crippen LogP contribution in [0.3, 0.4) is 0 Å². The molecule has 0 fully saturated rings. The summed E-state index contributed by atoms with van der Waals surface area (Å²) in [6.45, 7) is 2.30. The molecular formula is C15H15N3O. The van der Waals surface area contributed by atoms with Crippen LogP contribution in [0.2, 0.25) is 0 Å². The van der Waals surface area contributed by atoms with Gasteiger partial charge in [-0.05, 0) is 24.6 Å². The second kappa shape index (κ2) is 6.44. The summed E-state index contributed by atoms with van der Waals surface area (Å²) in [5.41, 5.74) is 2.68. The highest BCUT2D eigenvalue weighted by Crippen LogP contribution is 2.01. The van der Waals surface area contributed by atoms with Crippen LogP contribution in [-0.4, -0.2) is 15.9 Å². The molecule has 1 aromatic carbocycles. The second-order valence-electron chi connectivity index (χ2n) is 4.11. The molecule has 1 N–H and O–H groups in total. The van der Waals surface area contributed by atoms with Gasteiger partial charge < -0.3 is 5.32 Å².